The molecule has 3 aliphatic rings. The van der Waals surface area contributed by atoms with Crippen LogP contribution in [0.4, 0.5) is 10.5 Å². The van der Waals surface area contributed by atoms with E-state index >= 15 is 0 Å². The van der Waals surface area contributed by atoms with Gasteiger partial charge in [0.15, 0.2) is 0 Å². The van der Waals surface area contributed by atoms with Gasteiger partial charge < -0.3 is 19.9 Å². The number of amides is 3. The van der Waals surface area contributed by atoms with Crippen LogP contribution in [0.5, 0.6) is 5.88 Å². The fraction of sp³-hybridized carbons (Fsp3) is 0.567. The minimum atomic E-state index is -0.212. The maximum absolute atomic E-state index is 14.0. The van der Waals surface area contributed by atoms with Crippen molar-refractivity contribution < 1.29 is 14.3 Å². The summed E-state index contributed by atoms with van der Waals surface area (Å²) in [6.07, 6.45) is 9.41. The third kappa shape index (κ3) is 5.36. The van der Waals surface area contributed by atoms with Crippen LogP contribution >= 0.6 is 22.6 Å². The largest absolute Gasteiger partial charge is 0.481 e. The van der Waals surface area contributed by atoms with Gasteiger partial charge in [-0.1, -0.05) is 59.3 Å². The Hall–Kier alpha value is -2.40. The minimum Gasteiger partial charge on any atom is -0.481 e. The first-order valence-corrected chi connectivity index (χ1v) is 15.3. The van der Waals surface area contributed by atoms with E-state index in [0.29, 0.717) is 24.0 Å². The summed E-state index contributed by atoms with van der Waals surface area (Å²) < 4.78 is 5.18. The molecule has 8 nitrogen and oxygen atoms in total. The number of aromatic nitrogens is 1. The Morgan fingerprint density at radius 1 is 1.15 bits per heavy atom. The van der Waals surface area contributed by atoms with Crippen molar-refractivity contribution in [2.75, 3.05) is 39.6 Å². The Labute approximate surface area is 245 Å². The molecule has 1 aromatic heterocycles. The molecule has 1 saturated heterocycles. The Kier molecular flexibility index (Phi) is 8.37. The van der Waals surface area contributed by atoms with Crippen LogP contribution in [0.25, 0.3) is 0 Å². The number of carbonyl (C=O) groups excluding carboxylic acids is 2. The third-order valence-corrected chi connectivity index (χ3v) is 11.1. The fourth-order valence-electron chi connectivity index (χ4n) is 6.66. The number of rotatable bonds is 9. The van der Waals surface area contributed by atoms with E-state index in [0.717, 1.165) is 32.2 Å². The summed E-state index contributed by atoms with van der Waals surface area (Å²) >= 11 is 2.49. The molecule has 3 fully saturated rings. The van der Waals surface area contributed by atoms with Crippen LogP contribution in [-0.2, 0) is 10.3 Å². The molecule has 5 rings (SSSR count). The Morgan fingerprint density at radius 3 is 2.49 bits per heavy atom. The lowest BCUT2D eigenvalue weighted by molar-refractivity contribution is -0.116. The number of nitrogens with zero attached hydrogens (tertiary/aromatic N) is 4. The van der Waals surface area contributed by atoms with Gasteiger partial charge >= 0.3 is 6.03 Å². The van der Waals surface area contributed by atoms with Gasteiger partial charge in [0.2, 0.25) is 11.8 Å². The summed E-state index contributed by atoms with van der Waals surface area (Å²) in [4.78, 5) is 37.4. The van der Waals surface area contributed by atoms with Crippen molar-refractivity contribution in [3.63, 3.8) is 0 Å². The first-order valence-electron chi connectivity index (χ1n) is 14.0. The highest BCUT2D eigenvalue weighted by molar-refractivity contribution is 14.1. The van der Waals surface area contributed by atoms with Crippen LogP contribution < -0.4 is 10.1 Å². The van der Waals surface area contributed by atoms with Crippen LogP contribution in [0.1, 0.15) is 56.9 Å². The number of benzene rings is 1. The van der Waals surface area contributed by atoms with Crippen molar-refractivity contribution in [2.45, 2.75) is 66.5 Å². The van der Waals surface area contributed by atoms with Gasteiger partial charge in [0, 0.05) is 43.0 Å². The highest BCUT2D eigenvalue weighted by Gasteiger charge is 2.59. The zero-order valence-electron chi connectivity index (χ0n) is 23.2. The summed E-state index contributed by atoms with van der Waals surface area (Å²) in [7, 11) is 5.91. The number of anilines is 1. The van der Waals surface area contributed by atoms with Crippen molar-refractivity contribution >= 4 is 40.2 Å². The summed E-state index contributed by atoms with van der Waals surface area (Å²) in [5.41, 5.74) is 1.75. The van der Waals surface area contributed by atoms with E-state index in [1.54, 1.807) is 25.4 Å². The van der Waals surface area contributed by atoms with Crippen LogP contribution in [0.15, 0.2) is 48.7 Å². The molecule has 1 N–H and O–H groups in total. The van der Waals surface area contributed by atoms with Crippen LogP contribution in [0.2, 0.25) is 0 Å². The van der Waals surface area contributed by atoms with Crippen molar-refractivity contribution in [1.29, 1.82) is 0 Å². The molecule has 0 bridgehead atoms. The normalized spacial score (nSPS) is 27.2. The second-order valence-electron chi connectivity index (χ2n) is 11.5. The zero-order valence-corrected chi connectivity index (χ0v) is 25.4. The predicted octanol–water partition coefficient (Wildman–Crippen LogP) is 5.49. The number of hydrogen-bond donors (Lipinski definition) is 1. The number of nitrogens with one attached hydrogen (secondary N) is 1. The Balaban J connectivity index is 1.32. The maximum Gasteiger partial charge on any atom is 0.321 e. The minimum absolute atomic E-state index is 0.0208. The second kappa shape index (κ2) is 11.6. The van der Waals surface area contributed by atoms with E-state index in [9.17, 15) is 9.59 Å². The number of methoxy groups -OCH3 is 1. The molecule has 210 valence electrons. The van der Waals surface area contributed by atoms with Gasteiger partial charge in [0.1, 0.15) is 4.05 Å². The molecule has 1 aromatic carbocycles. The molecule has 3 amide bonds. The molecule has 9 heteroatoms. The van der Waals surface area contributed by atoms with Gasteiger partial charge in [-0.2, -0.15) is 0 Å². The van der Waals surface area contributed by atoms with Gasteiger partial charge in [-0.05, 0) is 70.2 Å². The predicted molar refractivity (Wildman–Crippen MR) is 161 cm³/mol. The fourth-order valence-corrected chi connectivity index (χ4v) is 8.13. The number of hydrogen-bond acceptors (Lipinski definition) is 5. The van der Waals surface area contributed by atoms with E-state index in [2.05, 4.69) is 87.1 Å². The Morgan fingerprint density at radius 2 is 1.87 bits per heavy atom. The maximum atomic E-state index is 14.0. The van der Waals surface area contributed by atoms with Crippen molar-refractivity contribution in [1.82, 2.24) is 19.7 Å². The quantitative estimate of drug-likeness (QED) is 0.222. The van der Waals surface area contributed by atoms with Gasteiger partial charge in [0.05, 0.1) is 12.6 Å². The molecular formula is C30H40IN5O3. The molecule has 2 heterocycles. The van der Waals surface area contributed by atoms with E-state index < -0.39 is 0 Å². The number of urea groups is 1. The van der Waals surface area contributed by atoms with Gasteiger partial charge in [-0.3, -0.25) is 9.69 Å². The molecule has 1 unspecified atom stereocenters. The van der Waals surface area contributed by atoms with E-state index in [1.807, 2.05) is 4.90 Å². The molecule has 2 saturated carbocycles. The molecule has 1 atom stereocenters. The first kappa shape index (κ1) is 28.1. The zero-order chi connectivity index (χ0) is 27.6. The lowest BCUT2D eigenvalue weighted by Gasteiger charge is -2.52. The summed E-state index contributed by atoms with van der Waals surface area (Å²) in [5.74, 6) is 0.921. The van der Waals surface area contributed by atoms with Gasteiger partial charge in [0.25, 0.3) is 0 Å². The highest BCUT2D eigenvalue weighted by atomic mass is 127. The second-order valence-corrected chi connectivity index (χ2v) is 12.7. The first-order chi connectivity index (χ1) is 18.8. The highest BCUT2D eigenvalue weighted by Crippen LogP contribution is 2.53. The molecule has 1 spiro atoms. The molecule has 1 aliphatic heterocycles. The van der Waals surface area contributed by atoms with E-state index in [-0.39, 0.29) is 33.5 Å². The molecule has 39 heavy (non-hydrogen) atoms. The summed E-state index contributed by atoms with van der Waals surface area (Å²) in [5, 5.41) is 2.93. The van der Waals surface area contributed by atoms with E-state index in [1.165, 1.54) is 24.8 Å². The summed E-state index contributed by atoms with van der Waals surface area (Å²) in [6.45, 7) is 1.24. The number of pyridine rings is 1. The molecular weight excluding hydrogens is 605 g/mol. The lowest BCUT2D eigenvalue weighted by atomic mass is 9.68. The van der Waals surface area contributed by atoms with Gasteiger partial charge in [-0.15, -0.1) is 0 Å². The molecule has 2 aliphatic carbocycles. The van der Waals surface area contributed by atoms with Crippen molar-refractivity contribution in [3.8, 4) is 5.88 Å². The third-order valence-electron chi connectivity index (χ3n) is 9.31. The molecule has 2 aromatic rings. The molecule has 0 radical (unpaired) electrons. The monoisotopic (exact) mass is 645 g/mol. The van der Waals surface area contributed by atoms with Gasteiger partial charge in [-0.25, -0.2) is 9.78 Å². The number of halogens is 1. The Bertz CT molecular complexity index is 1160. The van der Waals surface area contributed by atoms with Crippen LogP contribution in [0.3, 0.4) is 0 Å². The number of alkyl halides is 1. The average Bonchev–Trinajstić information content (AvgIpc) is 3.10. The van der Waals surface area contributed by atoms with Crippen LogP contribution in [0, 0.1) is 5.92 Å². The average molecular weight is 646 g/mol. The van der Waals surface area contributed by atoms with Crippen molar-refractivity contribution in [2.24, 2.45) is 5.92 Å². The number of carbonyl (C=O) groups is 2. The van der Waals surface area contributed by atoms with Crippen molar-refractivity contribution in [3.05, 3.63) is 54.2 Å². The smallest absolute Gasteiger partial charge is 0.321 e. The SMILES string of the molecule is COc1cc(NC(=O)CCN2C(=O)N(CC3CCC3)C3(CCC(c4ccccc4)(N(C)C)CC3)C2I)ccn1. The topological polar surface area (TPSA) is 78.0 Å². The van der Waals surface area contributed by atoms with E-state index in [4.69, 9.17) is 4.74 Å². The number of ether oxygens (including phenoxy) is 1. The standard InChI is InChI=1S/C30H40IN5O3/c1-34(2)29(23-10-5-4-6-11-23)14-16-30(17-15-29)27(31)35(28(38)36(30)21-22-8-7-9-22)19-13-25(37)33-24-12-18-32-26(20-24)39-3/h4-6,10-12,18,20,22,27H,7-9,13-17,19,21H2,1-3H3,(H,32,33,37). The van der Waals surface area contributed by atoms with Crippen LogP contribution in [-0.4, -0.2) is 75.5 Å². The lowest BCUT2D eigenvalue weighted by Crippen LogP contribution is -2.58. The summed E-state index contributed by atoms with van der Waals surface area (Å²) in [6, 6.07) is 14.4.